The molecule has 0 saturated heterocycles. The first kappa shape index (κ1) is 14.2. The fourth-order valence-electron chi connectivity index (χ4n) is 1.78. The van der Waals surface area contributed by atoms with Crippen molar-refractivity contribution in [2.75, 3.05) is 7.11 Å². The molecule has 4 heteroatoms. The molecule has 3 nitrogen and oxygen atoms in total. The molecular weight excluding hydrogens is 274 g/mol. The van der Waals surface area contributed by atoms with Crippen LogP contribution in [0.15, 0.2) is 36.4 Å². The van der Waals surface area contributed by atoms with Gasteiger partial charge in [-0.1, -0.05) is 12.1 Å². The molecule has 0 amide bonds. The Labute approximate surface area is 123 Å². The van der Waals surface area contributed by atoms with Gasteiger partial charge in [0.15, 0.2) is 11.5 Å². The van der Waals surface area contributed by atoms with E-state index >= 15 is 0 Å². The third-order valence-corrected chi connectivity index (χ3v) is 3.23. The van der Waals surface area contributed by atoms with Crippen molar-refractivity contribution >= 4 is 11.6 Å². The van der Waals surface area contributed by atoms with Crippen LogP contribution in [0.4, 0.5) is 0 Å². The minimum Gasteiger partial charge on any atom is -0.493 e. The largest absolute Gasteiger partial charge is 0.493 e. The second-order valence-electron chi connectivity index (χ2n) is 4.31. The van der Waals surface area contributed by atoms with Crippen LogP contribution in [0.2, 0.25) is 0 Å². The zero-order chi connectivity index (χ0) is 14.5. The molecule has 0 aliphatic carbocycles. The Morgan fingerprint density at radius 3 is 2.55 bits per heavy atom. The average molecular weight is 288 g/mol. The van der Waals surface area contributed by atoms with Crippen LogP contribution in [-0.4, -0.2) is 7.11 Å². The molecule has 0 unspecified atom stereocenters. The summed E-state index contributed by atoms with van der Waals surface area (Å²) in [6.07, 6.45) is 0. The molecular formula is C16H14ClNO2. The summed E-state index contributed by atoms with van der Waals surface area (Å²) in [6, 6.07) is 13.0. The topological polar surface area (TPSA) is 42.2 Å². The summed E-state index contributed by atoms with van der Waals surface area (Å²) in [5, 5.41) is 8.89. The van der Waals surface area contributed by atoms with E-state index in [-0.39, 0.29) is 0 Å². The first-order chi connectivity index (χ1) is 9.67. The first-order valence-electron chi connectivity index (χ1n) is 6.09. The van der Waals surface area contributed by atoms with Gasteiger partial charge in [-0.25, -0.2) is 0 Å². The molecule has 0 bridgehead atoms. The molecule has 0 saturated carbocycles. The summed E-state index contributed by atoms with van der Waals surface area (Å²) in [5.41, 5.74) is 2.52. The van der Waals surface area contributed by atoms with Gasteiger partial charge in [0.1, 0.15) is 5.75 Å². The number of alkyl halides is 1. The predicted octanol–water partition coefficient (Wildman–Crippen LogP) is 4.41. The maximum Gasteiger partial charge on any atom is 0.169 e. The molecule has 0 atom stereocenters. The third kappa shape index (κ3) is 3.04. The number of hydrogen-bond acceptors (Lipinski definition) is 3. The summed E-state index contributed by atoms with van der Waals surface area (Å²) in [4.78, 5) is 0. The van der Waals surface area contributed by atoms with E-state index < -0.39 is 0 Å². The monoisotopic (exact) mass is 287 g/mol. The summed E-state index contributed by atoms with van der Waals surface area (Å²) in [7, 11) is 1.55. The molecule has 102 valence electrons. The molecule has 0 heterocycles. The number of rotatable bonds is 4. The Balaban J connectivity index is 2.37. The molecule has 0 radical (unpaired) electrons. The summed E-state index contributed by atoms with van der Waals surface area (Å²) >= 11 is 5.84. The number of aryl methyl sites for hydroxylation is 1. The van der Waals surface area contributed by atoms with Crippen LogP contribution < -0.4 is 9.47 Å². The summed E-state index contributed by atoms with van der Waals surface area (Å²) < 4.78 is 11.1. The van der Waals surface area contributed by atoms with Crippen LogP contribution in [0.3, 0.4) is 0 Å². The SMILES string of the molecule is COc1cc(C#N)ccc1Oc1cc(CCl)ccc1C. The highest BCUT2D eigenvalue weighted by atomic mass is 35.5. The van der Waals surface area contributed by atoms with E-state index in [1.807, 2.05) is 25.1 Å². The van der Waals surface area contributed by atoms with Crippen LogP contribution >= 0.6 is 11.6 Å². The van der Waals surface area contributed by atoms with Crippen molar-refractivity contribution in [3.8, 4) is 23.3 Å². The average Bonchev–Trinajstić information content (AvgIpc) is 2.49. The molecule has 20 heavy (non-hydrogen) atoms. The molecule has 0 aliphatic heterocycles. The van der Waals surface area contributed by atoms with Gasteiger partial charge in [-0.3, -0.25) is 0 Å². The highest BCUT2D eigenvalue weighted by molar-refractivity contribution is 6.17. The van der Waals surface area contributed by atoms with Gasteiger partial charge in [-0.2, -0.15) is 5.26 Å². The smallest absolute Gasteiger partial charge is 0.169 e. The number of nitriles is 1. The molecule has 2 aromatic carbocycles. The van der Waals surface area contributed by atoms with Crippen LogP contribution in [0.1, 0.15) is 16.7 Å². The van der Waals surface area contributed by atoms with E-state index in [4.69, 9.17) is 26.3 Å². The Kier molecular flexibility index (Phi) is 4.49. The van der Waals surface area contributed by atoms with E-state index in [1.165, 1.54) is 0 Å². The molecule has 0 N–H and O–H groups in total. The molecule has 2 aromatic rings. The number of nitrogens with zero attached hydrogens (tertiary/aromatic N) is 1. The molecule has 0 spiro atoms. The Morgan fingerprint density at radius 1 is 1.10 bits per heavy atom. The fraction of sp³-hybridized carbons (Fsp3) is 0.188. The van der Waals surface area contributed by atoms with E-state index in [0.29, 0.717) is 22.9 Å². The van der Waals surface area contributed by atoms with E-state index in [1.54, 1.807) is 25.3 Å². The van der Waals surface area contributed by atoms with Gasteiger partial charge < -0.3 is 9.47 Å². The number of benzene rings is 2. The van der Waals surface area contributed by atoms with Crippen molar-refractivity contribution in [3.05, 3.63) is 53.1 Å². The Morgan fingerprint density at radius 2 is 1.90 bits per heavy atom. The van der Waals surface area contributed by atoms with Gasteiger partial charge in [-0.15, -0.1) is 11.6 Å². The highest BCUT2D eigenvalue weighted by Gasteiger charge is 2.09. The minimum atomic E-state index is 0.432. The van der Waals surface area contributed by atoms with Crippen LogP contribution in [0.25, 0.3) is 0 Å². The molecule has 0 fully saturated rings. The number of methoxy groups -OCH3 is 1. The highest BCUT2D eigenvalue weighted by Crippen LogP contribution is 2.34. The van der Waals surface area contributed by atoms with Gasteiger partial charge in [0.2, 0.25) is 0 Å². The minimum absolute atomic E-state index is 0.432. The predicted molar refractivity (Wildman–Crippen MR) is 78.5 cm³/mol. The van der Waals surface area contributed by atoms with Crippen molar-refractivity contribution in [2.45, 2.75) is 12.8 Å². The lowest BCUT2D eigenvalue weighted by atomic mass is 10.1. The zero-order valence-electron chi connectivity index (χ0n) is 11.3. The lowest BCUT2D eigenvalue weighted by Gasteiger charge is -2.13. The van der Waals surface area contributed by atoms with Crippen molar-refractivity contribution in [3.63, 3.8) is 0 Å². The van der Waals surface area contributed by atoms with E-state index in [0.717, 1.165) is 16.9 Å². The maximum atomic E-state index is 8.89. The second kappa shape index (κ2) is 6.31. The number of hydrogen-bond donors (Lipinski definition) is 0. The van der Waals surface area contributed by atoms with Gasteiger partial charge >= 0.3 is 0 Å². The van der Waals surface area contributed by atoms with E-state index in [9.17, 15) is 0 Å². The van der Waals surface area contributed by atoms with Crippen molar-refractivity contribution in [2.24, 2.45) is 0 Å². The number of halogens is 1. The van der Waals surface area contributed by atoms with Gasteiger partial charge in [0.05, 0.1) is 18.7 Å². The first-order valence-corrected chi connectivity index (χ1v) is 6.63. The quantitative estimate of drug-likeness (QED) is 0.782. The molecule has 2 rings (SSSR count). The normalized spacial score (nSPS) is 9.90. The van der Waals surface area contributed by atoms with Crippen LogP contribution in [0.5, 0.6) is 17.2 Å². The zero-order valence-corrected chi connectivity index (χ0v) is 12.1. The lowest BCUT2D eigenvalue weighted by molar-refractivity contribution is 0.378. The van der Waals surface area contributed by atoms with E-state index in [2.05, 4.69) is 6.07 Å². The lowest BCUT2D eigenvalue weighted by Crippen LogP contribution is -1.93. The van der Waals surface area contributed by atoms with Gasteiger partial charge in [-0.05, 0) is 36.2 Å². The standard InChI is InChI=1S/C16H14ClNO2/c1-11-3-4-12(9-17)7-15(11)20-14-6-5-13(10-18)8-16(14)19-2/h3-8H,9H2,1-2H3. The fourth-order valence-corrected chi connectivity index (χ4v) is 1.94. The van der Waals surface area contributed by atoms with Gasteiger partial charge in [0.25, 0.3) is 0 Å². The van der Waals surface area contributed by atoms with Crippen LogP contribution in [0, 0.1) is 18.3 Å². The maximum absolute atomic E-state index is 8.89. The second-order valence-corrected chi connectivity index (χ2v) is 4.58. The Hall–Kier alpha value is -2.18. The van der Waals surface area contributed by atoms with Crippen molar-refractivity contribution < 1.29 is 9.47 Å². The van der Waals surface area contributed by atoms with Crippen molar-refractivity contribution in [1.82, 2.24) is 0 Å². The molecule has 0 aromatic heterocycles. The Bertz CT molecular complexity index is 662. The van der Waals surface area contributed by atoms with Gasteiger partial charge in [0, 0.05) is 11.9 Å². The number of ether oxygens (including phenoxy) is 2. The third-order valence-electron chi connectivity index (χ3n) is 2.92. The van der Waals surface area contributed by atoms with Crippen LogP contribution in [-0.2, 0) is 5.88 Å². The van der Waals surface area contributed by atoms with Crippen molar-refractivity contribution in [1.29, 1.82) is 5.26 Å². The summed E-state index contributed by atoms with van der Waals surface area (Å²) in [6.45, 7) is 1.96. The molecule has 0 aliphatic rings. The summed E-state index contributed by atoms with van der Waals surface area (Å²) in [5.74, 6) is 2.26.